The zero-order chi connectivity index (χ0) is 25.3. The number of aryl methyl sites for hydroxylation is 3. The van der Waals surface area contributed by atoms with E-state index in [1.165, 1.54) is 17.7 Å². The first kappa shape index (κ1) is 24.6. The van der Waals surface area contributed by atoms with E-state index >= 15 is 0 Å². The Morgan fingerprint density at radius 1 is 0.971 bits per heavy atom. The molecule has 0 aromatic heterocycles. The summed E-state index contributed by atoms with van der Waals surface area (Å²) in [5, 5.41) is 9.53. The maximum absolute atomic E-state index is 13.3. The minimum atomic E-state index is -3.92. The van der Waals surface area contributed by atoms with Gasteiger partial charge in [-0.15, -0.1) is 0 Å². The molecule has 1 atom stereocenters. The second kappa shape index (κ2) is 9.62. The highest BCUT2D eigenvalue weighted by Gasteiger charge is 2.27. The van der Waals surface area contributed by atoms with Gasteiger partial charge in [-0.05, 0) is 75.2 Å². The Kier molecular flexibility index (Phi) is 6.76. The van der Waals surface area contributed by atoms with Gasteiger partial charge in [0.25, 0.3) is 10.0 Å². The fourth-order valence-electron chi connectivity index (χ4n) is 4.69. The molecular weight excluding hydrogens is 462 g/mol. The van der Waals surface area contributed by atoms with Crippen LogP contribution in [0, 0.1) is 20.8 Å². The molecule has 1 saturated heterocycles. The van der Waals surface area contributed by atoms with Crippen molar-refractivity contribution in [3.8, 4) is 0 Å². The standard InChI is InChI=1S/C27H31N3O4S/c1-18-6-5-7-23(15-18)30-13-12-29(17-21(30)4)25-10-9-22(27(31)32)16-24(25)28-35(33,34)26-11-8-19(2)14-20(26)3/h5-11,14-16,21,28H,12-13,17H2,1-4H3,(H,31,32). The molecule has 2 N–H and O–H groups in total. The Balaban J connectivity index is 1.65. The van der Waals surface area contributed by atoms with Crippen LogP contribution in [0.2, 0.25) is 0 Å². The second-order valence-electron chi connectivity index (χ2n) is 9.24. The first-order chi connectivity index (χ1) is 16.5. The number of sulfonamides is 1. The summed E-state index contributed by atoms with van der Waals surface area (Å²) in [6, 6.07) is 18.3. The van der Waals surface area contributed by atoms with Crippen molar-refractivity contribution >= 4 is 33.1 Å². The predicted octanol–water partition coefficient (Wildman–Crippen LogP) is 4.83. The van der Waals surface area contributed by atoms with Gasteiger partial charge in [0.2, 0.25) is 0 Å². The van der Waals surface area contributed by atoms with Crippen molar-refractivity contribution in [1.29, 1.82) is 0 Å². The molecule has 3 aromatic rings. The molecule has 0 saturated carbocycles. The third kappa shape index (κ3) is 5.27. The summed E-state index contributed by atoms with van der Waals surface area (Å²) in [5.74, 6) is -1.11. The van der Waals surface area contributed by atoms with E-state index in [9.17, 15) is 18.3 Å². The van der Waals surface area contributed by atoms with Crippen molar-refractivity contribution in [1.82, 2.24) is 0 Å². The molecule has 0 aliphatic carbocycles. The van der Waals surface area contributed by atoms with Crippen molar-refractivity contribution in [3.63, 3.8) is 0 Å². The normalized spacial score (nSPS) is 16.3. The summed E-state index contributed by atoms with van der Waals surface area (Å²) in [5.41, 5.74) is 4.92. The lowest BCUT2D eigenvalue weighted by molar-refractivity contribution is 0.0697. The molecule has 3 aromatic carbocycles. The summed E-state index contributed by atoms with van der Waals surface area (Å²) in [6.45, 7) is 9.96. The van der Waals surface area contributed by atoms with E-state index in [4.69, 9.17) is 0 Å². The molecule has 0 amide bonds. The van der Waals surface area contributed by atoms with Gasteiger partial charge in [-0.25, -0.2) is 13.2 Å². The quantitative estimate of drug-likeness (QED) is 0.511. The van der Waals surface area contributed by atoms with Crippen molar-refractivity contribution in [2.45, 2.75) is 38.6 Å². The molecule has 0 radical (unpaired) electrons. The fourth-order valence-corrected chi connectivity index (χ4v) is 5.99. The van der Waals surface area contributed by atoms with Gasteiger partial charge >= 0.3 is 5.97 Å². The van der Waals surface area contributed by atoms with E-state index in [-0.39, 0.29) is 22.2 Å². The highest BCUT2D eigenvalue weighted by molar-refractivity contribution is 7.92. The van der Waals surface area contributed by atoms with E-state index in [2.05, 4.69) is 46.6 Å². The highest BCUT2D eigenvalue weighted by Crippen LogP contribution is 2.33. The number of carboxylic acids is 1. The summed E-state index contributed by atoms with van der Waals surface area (Å²) >= 11 is 0. The van der Waals surface area contributed by atoms with Gasteiger partial charge in [0.05, 0.1) is 21.8 Å². The van der Waals surface area contributed by atoms with Gasteiger partial charge in [-0.3, -0.25) is 4.72 Å². The first-order valence-electron chi connectivity index (χ1n) is 11.6. The summed E-state index contributed by atoms with van der Waals surface area (Å²) < 4.78 is 29.3. The van der Waals surface area contributed by atoms with Crippen LogP contribution in [-0.4, -0.2) is 45.2 Å². The predicted molar refractivity (Wildman–Crippen MR) is 140 cm³/mol. The fraction of sp³-hybridized carbons (Fsp3) is 0.296. The molecule has 7 nitrogen and oxygen atoms in total. The third-order valence-electron chi connectivity index (χ3n) is 6.41. The number of piperazine rings is 1. The lowest BCUT2D eigenvalue weighted by Gasteiger charge is -2.43. The van der Waals surface area contributed by atoms with Crippen LogP contribution in [0.25, 0.3) is 0 Å². The number of anilines is 3. The van der Waals surface area contributed by atoms with E-state index in [0.29, 0.717) is 24.3 Å². The zero-order valence-electron chi connectivity index (χ0n) is 20.4. The van der Waals surface area contributed by atoms with E-state index in [1.807, 2.05) is 19.1 Å². The maximum atomic E-state index is 13.3. The number of benzene rings is 3. The maximum Gasteiger partial charge on any atom is 0.335 e. The van der Waals surface area contributed by atoms with Crippen molar-refractivity contribution in [2.24, 2.45) is 0 Å². The molecule has 0 spiro atoms. The molecule has 8 heteroatoms. The van der Waals surface area contributed by atoms with Gasteiger partial charge in [0.1, 0.15) is 0 Å². The van der Waals surface area contributed by atoms with Gasteiger partial charge in [-0.2, -0.15) is 0 Å². The molecule has 1 fully saturated rings. The molecule has 1 unspecified atom stereocenters. The van der Waals surface area contributed by atoms with Crippen molar-refractivity contribution in [3.05, 3.63) is 82.9 Å². The molecule has 1 heterocycles. The third-order valence-corrected chi connectivity index (χ3v) is 7.93. The average molecular weight is 494 g/mol. The Hall–Kier alpha value is -3.52. The molecular formula is C27H31N3O4S. The SMILES string of the molecule is Cc1cccc(N2CCN(c3ccc(C(=O)O)cc3NS(=O)(=O)c3ccc(C)cc3C)CC2C)c1. The number of hydrogen-bond acceptors (Lipinski definition) is 5. The van der Waals surface area contributed by atoms with Crippen LogP contribution < -0.4 is 14.5 Å². The highest BCUT2D eigenvalue weighted by atomic mass is 32.2. The molecule has 4 rings (SSSR count). The number of carboxylic acid groups (broad SMARTS) is 1. The number of nitrogens with zero attached hydrogens (tertiary/aromatic N) is 2. The van der Waals surface area contributed by atoms with Gasteiger partial charge in [0.15, 0.2) is 0 Å². The van der Waals surface area contributed by atoms with Crippen LogP contribution in [0.5, 0.6) is 0 Å². The molecule has 184 valence electrons. The van der Waals surface area contributed by atoms with Crippen LogP contribution in [0.1, 0.15) is 34.0 Å². The zero-order valence-corrected chi connectivity index (χ0v) is 21.3. The summed E-state index contributed by atoms with van der Waals surface area (Å²) in [4.78, 5) is 16.3. The van der Waals surface area contributed by atoms with Crippen LogP contribution in [0.4, 0.5) is 17.1 Å². The van der Waals surface area contributed by atoms with Crippen LogP contribution in [0.3, 0.4) is 0 Å². The Morgan fingerprint density at radius 3 is 2.37 bits per heavy atom. The Morgan fingerprint density at radius 2 is 1.71 bits per heavy atom. The largest absolute Gasteiger partial charge is 0.478 e. The number of carbonyl (C=O) groups is 1. The molecule has 1 aliphatic rings. The lowest BCUT2D eigenvalue weighted by Crippen LogP contribution is -2.52. The average Bonchev–Trinajstić information content (AvgIpc) is 2.78. The smallest absolute Gasteiger partial charge is 0.335 e. The Labute approximate surface area is 207 Å². The Bertz CT molecular complexity index is 1370. The van der Waals surface area contributed by atoms with Gasteiger partial charge in [-0.1, -0.05) is 29.8 Å². The summed E-state index contributed by atoms with van der Waals surface area (Å²) in [7, 11) is -3.92. The molecule has 1 aliphatic heterocycles. The minimum absolute atomic E-state index is 0.0264. The van der Waals surface area contributed by atoms with Gasteiger partial charge in [0, 0.05) is 31.4 Å². The van der Waals surface area contributed by atoms with E-state index in [0.717, 1.165) is 17.8 Å². The number of aromatic carboxylic acids is 1. The molecule has 0 bridgehead atoms. The monoisotopic (exact) mass is 493 g/mol. The topological polar surface area (TPSA) is 89.9 Å². The summed E-state index contributed by atoms with van der Waals surface area (Å²) in [6.07, 6.45) is 0. The first-order valence-corrected chi connectivity index (χ1v) is 13.1. The van der Waals surface area contributed by atoms with Crippen LogP contribution >= 0.6 is 0 Å². The number of hydrogen-bond donors (Lipinski definition) is 2. The minimum Gasteiger partial charge on any atom is -0.478 e. The van der Waals surface area contributed by atoms with Crippen LogP contribution in [-0.2, 0) is 10.0 Å². The number of nitrogens with one attached hydrogen (secondary N) is 1. The number of rotatable bonds is 6. The van der Waals surface area contributed by atoms with E-state index in [1.54, 1.807) is 25.1 Å². The lowest BCUT2D eigenvalue weighted by atomic mass is 10.1. The second-order valence-corrected chi connectivity index (χ2v) is 10.9. The van der Waals surface area contributed by atoms with E-state index < -0.39 is 16.0 Å². The van der Waals surface area contributed by atoms with Crippen molar-refractivity contribution in [2.75, 3.05) is 34.2 Å². The molecule has 35 heavy (non-hydrogen) atoms. The van der Waals surface area contributed by atoms with Crippen LogP contribution in [0.15, 0.2) is 65.6 Å². The van der Waals surface area contributed by atoms with Crippen molar-refractivity contribution < 1.29 is 18.3 Å². The van der Waals surface area contributed by atoms with Gasteiger partial charge < -0.3 is 14.9 Å².